The van der Waals surface area contributed by atoms with E-state index in [0.29, 0.717) is 18.5 Å². The molecule has 0 saturated carbocycles. The average molecular weight is 409 g/mol. The van der Waals surface area contributed by atoms with Crippen LogP contribution in [0.5, 0.6) is 0 Å². The first-order valence-electron chi connectivity index (χ1n) is 10.5. The first-order valence-corrected chi connectivity index (χ1v) is 10.5. The molecule has 0 atom stereocenters. The number of likely N-dealkylation sites (N-methyl/N-ethyl adjacent to an activating group) is 1. The summed E-state index contributed by atoms with van der Waals surface area (Å²) in [5.74, 6) is 1.73. The quantitative estimate of drug-likeness (QED) is 0.566. The van der Waals surface area contributed by atoms with E-state index in [1.807, 2.05) is 24.4 Å². The fourth-order valence-corrected chi connectivity index (χ4v) is 3.32. The molecule has 1 aromatic carbocycles. The Hall–Kier alpha value is -3.09. The SMILES string of the molecule is Cc1ccc(N2CCC(NC(=NCc3ccccc3)NCC(=O)N(C)C)CC2)nc1. The van der Waals surface area contributed by atoms with Crippen LogP contribution in [0.3, 0.4) is 0 Å². The fraction of sp³-hybridized carbons (Fsp3) is 0.435. The number of aromatic nitrogens is 1. The minimum atomic E-state index is 0.0180. The number of aryl methyl sites for hydroxylation is 1. The van der Waals surface area contributed by atoms with Crippen LogP contribution in [0.4, 0.5) is 5.82 Å². The first-order chi connectivity index (χ1) is 14.5. The Morgan fingerprint density at radius 2 is 1.90 bits per heavy atom. The molecule has 1 fully saturated rings. The van der Waals surface area contributed by atoms with E-state index in [9.17, 15) is 4.79 Å². The number of nitrogens with one attached hydrogen (secondary N) is 2. The van der Waals surface area contributed by atoms with Crippen molar-refractivity contribution in [3.63, 3.8) is 0 Å². The van der Waals surface area contributed by atoms with Crippen molar-refractivity contribution < 1.29 is 4.79 Å². The summed E-state index contributed by atoms with van der Waals surface area (Å²) in [5, 5.41) is 6.71. The summed E-state index contributed by atoms with van der Waals surface area (Å²) in [5.41, 5.74) is 2.31. The number of benzene rings is 1. The highest BCUT2D eigenvalue weighted by Gasteiger charge is 2.21. The number of rotatable bonds is 6. The molecule has 0 spiro atoms. The third-order valence-corrected chi connectivity index (χ3v) is 5.22. The average Bonchev–Trinajstić information content (AvgIpc) is 2.77. The Kier molecular flexibility index (Phi) is 7.65. The highest BCUT2D eigenvalue weighted by molar-refractivity contribution is 5.86. The molecule has 0 radical (unpaired) electrons. The molecule has 30 heavy (non-hydrogen) atoms. The molecular weight excluding hydrogens is 376 g/mol. The van der Waals surface area contributed by atoms with E-state index in [4.69, 9.17) is 4.99 Å². The Labute approximate surface area is 179 Å². The van der Waals surface area contributed by atoms with Crippen LogP contribution in [0.2, 0.25) is 0 Å². The zero-order valence-electron chi connectivity index (χ0n) is 18.1. The van der Waals surface area contributed by atoms with Crippen molar-refractivity contribution in [3.8, 4) is 0 Å². The second kappa shape index (κ2) is 10.6. The van der Waals surface area contributed by atoms with Crippen LogP contribution >= 0.6 is 0 Å². The summed E-state index contributed by atoms with van der Waals surface area (Å²) in [6.45, 7) is 4.72. The second-order valence-electron chi connectivity index (χ2n) is 7.89. The van der Waals surface area contributed by atoms with Gasteiger partial charge in [-0.25, -0.2) is 9.98 Å². The van der Waals surface area contributed by atoms with Crippen LogP contribution in [0.1, 0.15) is 24.0 Å². The van der Waals surface area contributed by atoms with Crippen molar-refractivity contribution in [1.29, 1.82) is 0 Å². The molecule has 1 aliphatic rings. The molecule has 0 bridgehead atoms. The number of amides is 1. The molecule has 0 aliphatic carbocycles. The van der Waals surface area contributed by atoms with Crippen molar-refractivity contribution >= 4 is 17.7 Å². The van der Waals surface area contributed by atoms with Gasteiger partial charge in [-0.3, -0.25) is 4.79 Å². The lowest BCUT2D eigenvalue weighted by Gasteiger charge is -2.34. The number of carbonyl (C=O) groups is 1. The van der Waals surface area contributed by atoms with Gasteiger partial charge in [-0.05, 0) is 37.0 Å². The monoisotopic (exact) mass is 408 g/mol. The van der Waals surface area contributed by atoms with Crippen molar-refractivity contribution in [2.75, 3.05) is 38.6 Å². The molecule has 1 aromatic heterocycles. The van der Waals surface area contributed by atoms with Crippen LogP contribution in [-0.4, -0.2) is 61.5 Å². The van der Waals surface area contributed by atoms with Gasteiger partial charge in [0.2, 0.25) is 5.91 Å². The van der Waals surface area contributed by atoms with E-state index >= 15 is 0 Å². The topological polar surface area (TPSA) is 72.9 Å². The minimum Gasteiger partial charge on any atom is -0.356 e. The van der Waals surface area contributed by atoms with E-state index < -0.39 is 0 Å². The van der Waals surface area contributed by atoms with Gasteiger partial charge in [0.05, 0.1) is 13.1 Å². The van der Waals surface area contributed by atoms with E-state index in [1.165, 1.54) is 5.56 Å². The molecule has 160 valence electrons. The van der Waals surface area contributed by atoms with Gasteiger partial charge in [0, 0.05) is 39.4 Å². The molecule has 2 heterocycles. The van der Waals surface area contributed by atoms with Crippen molar-refractivity contribution in [2.24, 2.45) is 4.99 Å². The lowest BCUT2D eigenvalue weighted by Crippen LogP contribution is -2.50. The van der Waals surface area contributed by atoms with E-state index in [2.05, 4.69) is 51.7 Å². The number of anilines is 1. The van der Waals surface area contributed by atoms with E-state index in [0.717, 1.165) is 37.3 Å². The highest BCUT2D eigenvalue weighted by atomic mass is 16.2. The predicted octanol–water partition coefficient (Wildman–Crippen LogP) is 2.18. The van der Waals surface area contributed by atoms with Gasteiger partial charge in [0.25, 0.3) is 0 Å². The molecule has 7 nitrogen and oxygen atoms in total. The van der Waals surface area contributed by atoms with Gasteiger partial charge >= 0.3 is 0 Å². The second-order valence-corrected chi connectivity index (χ2v) is 7.89. The summed E-state index contributed by atoms with van der Waals surface area (Å²) in [6, 6.07) is 14.6. The normalized spacial score (nSPS) is 15.0. The Morgan fingerprint density at radius 1 is 1.17 bits per heavy atom. The number of carbonyl (C=O) groups excluding carboxylic acids is 1. The maximum absolute atomic E-state index is 12.0. The van der Waals surface area contributed by atoms with Crippen LogP contribution in [0, 0.1) is 6.92 Å². The molecule has 1 aliphatic heterocycles. The van der Waals surface area contributed by atoms with Crippen molar-refractivity contribution in [3.05, 3.63) is 59.8 Å². The maximum Gasteiger partial charge on any atom is 0.241 e. The summed E-state index contributed by atoms with van der Waals surface area (Å²) in [4.78, 5) is 25.2. The molecule has 2 N–H and O–H groups in total. The lowest BCUT2D eigenvalue weighted by molar-refractivity contribution is -0.127. The molecule has 7 heteroatoms. The number of pyridine rings is 1. The Morgan fingerprint density at radius 3 is 2.53 bits per heavy atom. The Bertz CT molecular complexity index is 827. The third kappa shape index (κ3) is 6.47. The largest absolute Gasteiger partial charge is 0.356 e. The number of hydrogen-bond donors (Lipinski definition) is 2. The van der Waals surface area contributed by atoms with Gasteiger partial charge < -0.3 is 20.4 Å². The lowest BCUT2D eigenvalue weighted by atomic mass is 10.1. The summed E-state index contributed by atoms with van der Waals surface area (Å²) in [6.07, 6.45) is 3.89. The maximum atomic E-state index is 12.0. The van der Waals surface area contributed by atoms with Gasteiger partial charge in [0.1, 0.15) is 5.82 Å². The van der Waals surface area contributed by atoms with E-state index in [1.54, 1.807) is 19.0 Å². The number of aliphatic imine (C=N–C) groups is 1. The number of guanidine groups is 1. The number of nitrogens with zero attached hydrogens (tertiary/aromatic N) is 4. The van der Waals surface area contributed by atoms with Crippen LogP contribution in [0.25, 0.3) is 0 Å². The van der Waals surface area contributed by atoms with Gasteiger partial charge in [0.15, 0.2) is 5.96 Å². The summed E-state index contributed by atoms with van der Waals surface area (Å²) >= 11 is 0. The number of hydrogen-bond acceptors (Lipinski definition) is 4. The fourth-order valence-electron chi connectivity index (χ4n) is 3.32. The van der Waals surface area contributed by atoms with Gasteiger partial charge in [-0.2, -0.15) is 0 Å². The smallest absolute Gasteiger partial charge is 0.241 e. The number of piperidine rings is 1. The molecular formula is C23H32N6O. The standard InChI is InChI=1S/C23H32N6O/c1-18-9-10-21(24-15-18)29-13-11-20(12-14-29)27-23(26-17-22(30)28(2)3)25-16-19-7-5-4-6-8-19/h4-10,15,20H,11-14,16-17H2,1-3H3,(H2,25,26,27). The predicted molar refractivity (Wildman–Crippen MR) is 122 cm³/mol. The minimum absolute atomic E-state index is 0.0180. The summed E-state index contributed by atoms with van der Waals surface area (Å²) in [7, 11) is 3.51. The molecule has 2 aromatic rings. The van der Waals surface area contributed by atoms with Crippen LogP contribution < -0.4 is 15.5 Å². The van der Waals surface area contributed by atoms with Crippen LogP contribution in [-0.2, 0) is 11.3 Å². The molecule has 0 unspecified atom stereocenters. The van der Waals surface area contributed by atoms with Gasteiger partial charge in [-0.1, -0.05) is 36.4 Å². The van der Waals surface area contributed by atoms with E-state index in [-0.39, 0.29) is 12.5 Å². The molecule has 1 amide bonds. The van der Waals surface area contributed by atoms with Gasteiger partial charge in [-0.15, -0.1) is 0 Å². The third-order valence-electron chi connectivity index (χ3n) is 5.22. The summed E-state index contributed by atoms with van der Waals surface area (Å²) < 4.78 is 0. The van der Waals surface area contributed by atoms with Crippen molar-refractivity contribution in [2.45, 2.75) is 32.4 Å². The Balaban J connectivity index is 1.58. The zero-order valence-corrected chi connectivity index (χ0v) is 18.1. The first kappa shape index (κ1) is 21.6. The zero-order chi connectivity index (χ0) is 21.3. The molecule has 1 saturated heterocycles. The molecule has 3 rings (SSSR count). The highest BCUT2D eigenvalue weighted by Crippen LogP contribution is 2.18. The van der Waals surface area contributed by atoms with Crippen molar-refractivity contribution in [1.82, 2.24) is 20.5 Å². The van der Waals surface area contributed by atoms with Crippen LogP contribution in [0.15, 0.2) is 53.7 Å².